The standard InChI is InChI=1S/C24H22N4O6S2/c1-13(29)19-22(30)28-21(24(31)32)17(35-23(19)28)11-27-16-5-3-4-15-14(10-26-9-8-25(2)12-26)6-7-18(20(15)16)36(27,33)34/h3-9,12-13,19,23,29H,10-11H2,1-2H3. The number of hydrogen-bond acceptors (Lipinski definition) is 7. The number of aliphatic hydroxyl groups is 1. The Morgan fingerprint density at radius 2 is 2.03 bits per heavy atom. The molecule has 0 bridgehead atoms. The lowest BCUT2D eigenvalue weighted by atomic mass is 9.92. The third-order valence-corrected chi connectivity index (χ3v) is 10.1. The second-order valence-corrected chi connectivity index (χ2v) is 12.3. The third kappa shape index (κ3) is 3.14. The van der Waals surface area contributed by atoms with Crippen LogP contribution >= 0.6 is 11.8 Å². The van der Waals surface area contributed by atoms with E-state index in [-0.39, 0.29) is 22.0 Å². The van der Waals surface area contributed by atoms with Crippen molar-refractivity contribution >= 4 is 50.1 Å². The van der Waals surface area contributed by atoms with Crippen LogP contribution in [-0.4, -0.2) is 52.9 Å². The number of sulfonamides is 1. The summed E-state index contributed by atoms with van der Waals surface area (Å²) < 4.78 is 32.4. The fourth-order valence-corrected chi connectivity index (χ4v) is 8.61. The van der Waals surface area contributed by atoms with Gasteiger partial charge in [0.25, 0.3) is 10.0 Å². The molecule has 10 nitrogen and oxygen atoms in total. The van der Waals surface area contributed by atoms with Gasteiger partial charge in [0.15, 0.2) is 0 Å². The Morgan fingerprint density at radius 3 is 2.69 bits per heavy atom. The van der Waals surface area contributed by atoms with E-state index in [1.807, 2.05) is 41.0 Å². The zero-order valence-electron chi connectivity index (χ0n) is 19.4. The summed E-state index contributed by atoms with van der Waals surface area (Å²) in [5.41, 5.74) is 1.08. The fraction of sp³-hybridized carbons (Fsp3) is 0.292. The van der Waals surface area contributed by atoms with E-state index in [4.69, 9.17) is 0 Å². The number of aliphatic hydroxyl groups excluding tert-OH is 1. The van der Waals surface area contributed by atoms with Crippen LogP contribution in [-0.2, 0) is 33.2 Å². The van der Waals surface area contributed by atoms with Gasteiger partial charge in [0.1, 0.15) is 24.3 Å². The van der Waals surface area contributed by atoms with Crippen LogP contribution in [0.1, 0.15) is 12.5 Å². The Bertz CT molecular complexity index is 1610. The molecule has 4 heterocycles. The molecule has 2 aromatic carbocycles. The summed E-state index contributed by atoms with van der Waals surface area (Å²) in [6, 6.07) is 8.76. The van der Waals surface area contributed by atoms with Crippen molar-refractivity contribution in [1.29, 1.82) is 0 Å². The number of hydrogen-bond donors (Lipinski definition) is 1. The minimum Gasteiger partial charge on any atom is -0.543 e. The first-order chi connectivity index (χ1) is 17.1. The highest BCUT2D eigenvalue weighted by Gasteiger charge is 2.56. The molecule has 12 heteroatoms. The van der Waals surface area contributed by atoms with E-state index in [1.54, 1.807) is 24.3 Å². The molecule has 3 aliphatic rings. The molecule has 1 fully saturated rings. The van der Waals surface area contributed by atoms with E-state index in [0.717, 1.165) is 27.6 Å². The van der Waals surface area contributed by atoms with Gasteiger partial charge >= 0.3 is 0 Å². The summed E-state index contributed by atoms with van der Waals surface area (Å²) >= 11 is 1.09. The highest BCUT2D eigenvalue weighted by atomic mass is 32.2. The number of fused-ring (bicyclic) bond motifs is 1. The van der Waals surface area contributed by atoms with E-state index in [9.17, 15) is 28.2 Å². The minimum atomic E-state index is -3.97. The number of β-lactam (4-membered cyclic amide) rings is 1. The van der Waals surface area contributed by atoms with Gasteiger partial charge in [0.05, 0.1) is 47.9 Å². The number of aryl methyl sites for hydroxylation is 1. The molecule has 1 N–H and O–H groups in total. The largest absolute Gasteiger partial charge is 0.543 e. The van der Waals surface area contributed by atoms with Crippen molar-refractivity contribution in [2.45, 2.75) is 29.8 Å². The zero-order valence-corrected chi connectivity index (χ0v) is 21.0. The smallest absolute Gasteiger partial charge is 0.265 e. The molecular weight excluding hydrogens is 504 g/mol. The molecular formula is C24H22N4O6S2. The number of anilines is 1. The first-order valence-electron chi connectivity index (χ1n) is 11.3. The van der Waals surface area contributed by atoms with Gasteiger partial charge in [0.2, 0.25) is 12.2 Å². The van der Waals surface area contributed by atoms with Gasteiger partial charge in [-0.15, -0.1) is 0 Å². The molecule has 6 rings (SSSR count). The number of amides is 1. The van der Waals surface area contributed by atoms with E-state index >= 15 is 0 Å². The van der Waals surface area contributed by atoms with Crippen molar-refractivity contribution < 1.29 is 32.8 Å². The molecule has 0 saturated carbocycles. The number of carbonyl (C=O) groups is 2. The zero-order chi connectivity index (χ0) is 25.5. The summed E-state index contributed by atoms with van der Waals surface area (Å²) in [4.78, 5) is 26.0. The van der Waals surface area contributed by atoms with Crippen LogP contribution in [0, 0.1) is 5.92 Å². The van der Waals surface area contributed by atoms with Gasteiger partial charge in [-0.3, -0.25) is 14.0 Å². The summed E-state index contributed by atoms with van der Waals surface area (Å²) in [5.74, 6) is -2.81. The highest BCUT2D eigenvalue weighted by molar-refractivity contribution is 8.04. The van der Waals surface area contributed by atoms with Crippen LogP contribution < -0.4 is 14.0 Å². The lowest BCUT2D eigenvalue weighted by Crippen LogP contribution is -2.61. The van der Waals surface area contributed by atoms with Crippen LogP contribution in [0.5, 0.6) is 0 Å². The van der Waals surface area contributed by atoms with Crippen molar-refractivity contribution in [2.75, 3.05) is 10.8 Å². The Balaban J connectivity index is 1.41. The van der Waals surface area contributed by atoms with Crippen molar-refractivity contribution in [3.63, 3.8) is 0 Å². The number of carbonyl (C=O) groups excluding carboxylic acids is 2. The van der Waals surface area contributed by atoms with Crippen molar-refractivity contribution in [1.82, 2.24) is 9.47 Å². The number of aliphatic carboxylic acids is 1. The summed E-state index contributed by atoms with van der Waals surface area (Å²) in [6.45, 7) is 1.78. The maximum atomic E-state index is 13.6. The number of carboxylic acid groups (broad SMARTS) is 1. The first-order valence-corrected chi connectivity index (χ1v) is 13.6. The summed E-state index contributed by atoms with van der Waals surface area (Å²) in [5, 5.41) is 22.7. The average molecular weight is 527 g/mol. The topological polar surface area (TPSA) is 127 Å². The first kappa shape index (κ1) is 23.1. The van der Waals surface area contributed by atoms with Crippen molar-refractivity contribution in [2.24, 2.45) is 13.0 Å². The summed E-state index contributed by atoms with van der Waals surface area (Å²) in [6.07, 6.45) is 4.83. The number of rotatable bonds is 6. The van der Waals surface area contributed by atoms with Crippen LogP contribution in [0.4, 0.5) is 5.69 Å². The Morgan fingerprint density at radius 1 is 1.25 bits per heavy atom. The second-order valence-electron chi connectivity index (χ2n) is 9.23. The summed E-state index contributed by atoms with van der Waals surface area (Å²) in [7, 11) is -2.05. The number of nitrogens with zero attached hydrogens (tertiary/aromatic N) is 4. The number of carboxylic acids is 1. The lowest BCUT2D eigenvalue weighted by Gasteiger charge is -2.44. The quantitative estimate of drug-likeness (QED) is 0.351. The SMILES string of the molecule is CC(O)C1C(=O)N2C(C(=O)[O-])=C(CN3c4cccc5c(Cn6cc[n+](C)c6)ccc(c45)S3(=O)=O)SC12. The van der Waals surface area contributed by atoms with Gasteiger partial charge in [0, 0.05) is 15.9 Å². The van der Waals surface area contributed by atoms with Crippen molar-refractivity contribution in [3.05, 3.63) is 65.2 Å². The molecule has 3 atom stereocenters. The highest BCUT2D eigenvalue weighted by Crippen LogP contribution is 2.52. The van der Waals surface area contributed by atoms with Crippen LogP contribution in [0.15, 0.2) is 64.6 Å². The number of imidazole rings is 1. The van der Waals surface area contributed by atoms with Crippen LogP contribution in [0.2, 0.25) is 0 Å². The lowest BCUT2D eigenvalue weighted by molar-refractivity contribution is -0.671. The number of benzene rings is 2. The molecule has 3 unspecified atom stereocenters. The van der Waals surface area contributed by atoms with Gasteiger partial charge < -0.3 is 15.0 Å². The van der Waals surface area contributed by atoms with Crippen molar-refractivity contribution in [3.8, 4) is 0 Å². The molecule has 186 valence electrons. The molecule has 3 aliphatic heterocycles. The van der Waals surface area contributed by atoms with Gasteiger partial charge in [-0.25, -0.2) is 17.6 Å². The predicted molar refractivity (Wildman–Crippen MR) is 129 cm³/mol. The maximum Gasteiger partial charge on any atom is 0.265 e. The van der Waals surface area contributed by atoms with E-state index in [1.165, 1.54) is 11.2 Å². The number of aromatic nitrogens is 2. The van der Waals surface area contributed by atoms with Gasteiger partial charge in [-0.2, -0.15) is 0 Å². The molecule has 1 saturated heterocycles. The molecule has 1 amide bonds. The predicted octanol–water partition coefficient (Wildman–Crippen LogP) is -0.104. The molecule has 36 heavy (non-hydrogen) atoms. The normalized spacial score (nSPS) is 22.8. The molecule has 0 spiro atoms. The Hall–Kier alpha value is -3.35. The Kier molecular flexibility index (Phi) is 5.01. The van der Waals surface area contributed by atoms with Gasteiger partial charge in [-0.1, -0.05) is 30.0 Å². The van der Waals surface area contributed by atoms with Gasteiger partial charge in [-0.05, 0) is 24.4 Å². The van der Waals surface area contributed by atoms with E-state index in [2.05, 4.69) is 0 Å². The van der Waals surface area contributed by atoms with E-state index in [0.29, 0.717) is 17.6 Å². The molecule has 1 aromatic heterocycles. The molecule has 0 aliphatic carbocycles. The second kappa shape index (κ2) is 7.82. The third-order valence-electron chi connectivity index (χ3n) is 6.94. The minimum absolute atomic E-state index is 0.162. The van der Waals surface area contributed by atoms with E-state index < -0.39 is 39.3 Å². The molecule has 3 aromatic rings. The monoisotopic (exact) mass is 526 g/mol. The fourth-order valence-electron chi connectivity index (χ4n) is 5.27. The number of thioether (sulfide) groups is 1. The molecule has 0 radical (unpaired) electrons. The Labute approximate surface area is 211 Å². The maximum absolute atomic E-state index is 13.6. The van der Waals surface area contributed by atoms with Crippen LogP contribution in [0.3, 0.4) is 0 Å². The average Bonchev–Trinajstić information content (AvgIpc) is 3.43. The van der Waals surface area contributed by atoms with Crippen LogP contribution in [0.25, 0.3) is 10.8 Å².